The lowest BCUT2D eigenvalue weighted by Gasteiger charge is -2.19. The number of aryl methyl sites for hydroxylation is 1. The minimum absolute atomic E-state index is 0.0452. The Morgan fingerprint density at radius 2 is 1.95 bits per heavy atom. The smallest absolute Gasteiger partial charge is 0.328 e. The Bertz CT molecular complexity index is 518. The Balaban J connectivity index is 2.61. The van der Waals surface area contributed by atoms with Crippen molar-refractivity contribution in [3.8, 4) is 0 Å². The van der Waals surface area contributed by atoms with Gasteiger partial charge in [-0.3, -0.25) is 4.79 Å². The zero-order valence-electron chi connectivity index (χ0n) is 12.3. The van der Waals surface area contributed by atoms with Gasteiger partial charge in [0.15, 0.2) is 0 Å². The van der Waals surface area contributed by atoms with E-state index >= 15 is 0 Å². The molecule has 1 atom stereocenters. The third-order valence-corrected chi connectivity index (χ3v) is 3.95. The summed E-state index contributed by atoms with van der Waals surface area (Å²) in [6.07, 6.45) is 0.678. The molecule has 4 nitrogen and oxygen atoms in total. The molecule has 0 fully saturated rings. The highest BCUT2D eigenvalue weighted by atomic mass is 35.5. The first kappa shape index (κ1) is 17.8. The molecule has 1 amide bonds. The summed E-state index contributed by atoms with van der Waals surface area (Å²) in [6.45, 7) is 3.69. The van der Waals surface area contributed by atoms with Crippen molar-refractivity contribution in [2.45, 2.75) is 32.7 Å². The Morgan fingerprint density at radius 1 is 1.29 bits per heavy atom. The number of hydrogen-bond acceptors (Lipinski definition) is 3. The highest BCUT2D eigenvalue weighted by Crippen LogP contribution is 2.26. The molecule has 0 spiro atoms. The van der Waals surface area contributed by atoms with E-state index in [0.29, 0.717) is 16.5 Å². The van der Waals surface area contributed by atoms with E-state index in [4.69, 9.17) is 23.2 Å². The van der Waals surface area contributed by atoms with Gasteiger partial charge in [0.05, 0.1) is 17.2 Å². The average molecular weight is 332 g/mol. The van der Waals surface area contributed by atoms with Crippen LogP contribution in [0.2, 0.25) is 10.0 Å². The molecule has 0 radical (unpaired) electrons. The van der Waals surface area contributed by atoms with Crippen LogP contribution in [-0.2, 0) is 20.7 Å². The number of amides is 1. The van der Waals surface area contributed by atoms with Crippen LogP contribution in [0, 0.1) is 5.92 Å². The van der Waals surface area contributed by atoms with Gasteiger partial charge < -0.3 is 10.1 Å². The van der Waals surface area contributed by atoms with E-state index in [1.54, 1.807) is 12.1 Å². The molecule has 1 aromatic carbocycles. The fraction of sp³-hybridized carbons (Fsp3) is 0.467. The molecule has 0 saturated carbocycles. The van der Waals surface area contributed by atoms with Crippen molar-refractivity contribution in [3.05, 3.63) is 33.8 Å². The summed E-state index contributed by atoms with van der Waals surface area (Å²) < 4.78 is 4.68. The fourth-order valence-electron chi connectivity index (χ4n) is 1.86. The van der Waals surface area contributed by atoms with Crippen molar-refractivity contribution in [2.75, 3.05) is 7.11 Å². The topological polar surface area (TPSA) is 55.4 Å². The van der Waals surface area contributed by atoms with Crippen molar-refractivity contribution in [3.63, 3.8) is 0 Å². The molecule has 1 unspecified atom stereocenters. The first-order valence-electron chi connectivity index (χ1n) is 6.67. The van der Waals surface area contributed by atoms with E-state index < -0.39 is 12.0 Å². The molecule has 0 bridgehead atoms. The van der Waals surface area contributed by atoms with Gasteiger partial charge in [-0.25, -0.2) is 4.79 Å². The molecule has 1 rings (SSSR count). The number of halogens is 2. The molecule has 0 aromatic heterocycles. The fourth-order valence-corrected chi connectivity index (χ4v) is 2.27. The average Bonchev–Trinajstić information content (AvgIpc) is 2.45. The summed E-state index contributed by atoms with van der Waals surface area (Å²) in [7, 11) is 1.30. The van der Waals surface area contributed by atoms with E-state index in [1.165, 1.54) is 7.11 Å². The summed E-state index contributed by atoms with van der Waals surface area (Å²) >= 11 is 12.0. The van der Waals surface area contributed by atoms with Crippen molar-refractivity contribution >= 4 is 35.1 Å². The molecule has 0 aliphatic carbocycles. The molecular weight excluding hydrogens is 313 g/mol. The van der Waals surface area contributed by atoms with Gasteiger partial charge in [0.2, 0.25) is 5.91 Å². The van der Waals surface area contributed by atoms with Gasteiger partial charge in [-0.05, 0) is 24.0 Å². The number of rotatable bonds is 6. The molecule has 0 saturated heterocycles. The Hall–Kier alpha value is -1.26. The normalized spacial score (nSPS) is 12.1. The monoisotopic (exact) mass is 331 g/mol. The van der Waals surface area contributed by atoms with E-state index in [9.17, 15) is 9.59 Å². The van der Waals surface area contributed by atoms with Gasteiger partial charge in [0, 0.05) is 6.42 Å². The highest BCUT2D eigenvalue weighted by molar-refractivity contribution is 6.42. The quantitative estimate of drug-likeness (QED) is 0.814. The van der Waals surface area contributed by atoms with Crippen LogP contribution < -0.4 is 5.32 Å². The number of carbonyl (C=O) groups excluding carboxylic acids is 2. The first-order valence-corrected chi connectivity index (χ1v) is 7.42. The number of benzene rings is 1. The maximum Gasteiger partial charge on any atom is 0.328 e. The van der Waals surface area contributed by atoms with Crippen molar-refractivity contribution in [1.29, 1.82) is 0 Å². The van der Waals surface area contributed by atoms with Crippen LogP contribution in [0.1, 0.15) is 25.8 Å². The first-order chi connectivity index (χ1) is 9.86. The number of esters is 1. The number of methoxy groups -OCH3 is 1. The molecule has 21 heavy (non-hydrogen) atoms. The predicted molar refractivity (Wildman–Crippen MR) is 83.6 cm³/mol. The van der Waals surface area contributed by atoms with Crippen molar-refractivity contribution in [1.82, 2.24) is 5.32 Å². The highest BCUT2D eigenvalue weighted by Gasteiger charge is 2.24. The van der Waals surface area contributed by atoms with E-state index in [0.717, 1.165) is 5.56 Å². The van der Waals surface area contributed by atoms with Gasteiger partial charge in [0.1, 0.15) is 6.04 Å². The lowest BCUT2D eigenvalue weighted by Crippen LogP contribution is -2.45. The second kappa shape index (κ2) is 8.25. The second-order valence-corrected chi connectivity index (χ2v) is 5.81. The summed E-state index contributed by atoms with van der Waals surface area (Å²) in [6, 6.07) is 4.66. The van der Waals surface area contributed by atoms with E-state index in [-0.39, 0.29) is 18.2 Å². The minimum Gasteiger partial charge on any atom is -0.467 e. The molecule has 0 aliphatic rings. The maximum atomic E-state index is 12.0. The largest absolute Gasteiger partial charge is 0.467 e. The number of ether oxygens (including phenoxy) is 1. The van der Waals surface area contributed by atoms with E-state index in [2.05, 4.69) is 10.1 Å². The molecule has 116 valence electrons. The van der Waals surface area contributed by atoms with Crippen LogP contribution in [0.15, 0.2) is 18.2 Å². The molecule has 0 aliphatic heterocycles. The Morgan fingerprint density at radius 3 is 2.52 bits per heavy atom. The minimum atomic E-state index is -0.641. The standard InChI is InChI=1S/C15H19Cl2NO3/c1-9(2)14(15(20)21-3)18-12(19)8-7-10-5-4-6-11(16)13(10)17/h4-6,9,14H,7-8H2,1-3H3,(H,18,19). The van der Waals surface area contributed by atoms with Gasteiger partial charge in [-0.15, -0.1) is 0 Å². The maximum absolute atomic E-state index is 12.0. The molecule has 0 heterocycles. The van der Waals surface area contributed by atoms with Crippen LogP contribution in [-0.4, -0.2) is 25.0 Å². The van der Waals surface area contributed by atoms with Crippen LogP contribution in [0.3, 0.4) is 0 Å². The molecule has 1 aromatic rings. The van der Waals surface area contributed by atoms with Crippen molar-refractivity contribution < 1.29 is 14.3 Å². The van der Waals surface area contributed by atoms with Crippen LogP contribution in [0.5, 0.6) is 0 Å². The Kier molecular flexibility index (Phi) is 6.99. The van der Waals surface area contributed by atoms with Crippen LogP contribution in [0.25, 0.3) is 0 Å². The summed E-state index contributed by atoms with van der Waals surface area (Å²) in [5.74, 6) is -0.717. The van der Waals surface area contributed by atoms with Crippen molar-refractivity contribution in [2.24, 2.45) is 5.92 Å². The lowest BCUT2D eigenvalue weighted by molar-refractivity contribution is -0.146. The van der Waals surface area contributed by atoms with Gasteiger partial charge >= 0.3 is 5.97 Å². The molecular formula is C15H19Cl2NO3. The zero-order chi connectivity index (χ0) is 16.0. The van der Waals surface area contributed by atoms with Crippen LogP contribution >= 0.6 is 23.2 Å². The third-order valence-electron chi connectivity index (χ3n) is 3.09. The summed E-state index contributed by atoms with van der Waals surface area (Å²) in [5.41, 5.74) is 0.804. The molecule has 6 heteroatoms. The predicted octanol–water partition coefficient (Wildman–Crippen LogP) is 3.24. The SMILES string of the molecule is COC(=O)C(NC(=O)CCc1cccc(Cl)c1Cl)C(C)C. The summed E-state index contributed by atoms with van der Waals surface area (Å²) in [4.78, 5) is 23.5. The van der Waals surface area contributed by atoms with Crippen LogP contribution in [0.4, 0.5) is 0 Å². The number of nitrogens with one attached hydrogen (secondary N) is 1. The molecule has 1 N–H and O–H groups in total. The zero-order valence-corrected chi connectivity index (χ0v) is 13.8. The number of carbonyl (C=O) groups is 2. The van der Waals surface area contributed by atoms with Gasteiger partial charge in [0.25, 0.3) is 0 Å². The van der Waals surface area contributed by atoms with Gasteiger partial charge in [-0.1, -0.05) is 49.2 Å². The van der Waals surface area contributed by atoms with E-state index in [1.807, 2.05) is 19.9 Å². The number of hydrogen-bond donors (Lipinski definition) is 1. The second-order valence-electron chi connectivity index (χ2n) is 5.03. The Labute approximate surface area is 134 Å². The summed E-state index contributed by atoms with van der Waals surface area (Å²) in [5, 5.41) is 3.60. The third kappa shape index (κ3) is 5.21. The van der Waals surface area contributed by atoms with Gasteiger partial charge in [-0.2, -0.15) is 0 Å². The lowest BCUT2D eigenvalue weighted by atomic mass is 10.0.